The van der Waals surface area contributed by atoms with Gasteiger partial charge in [0, 0.05) is 10.5 Å². The van der Waals surface area contributed by atoms with Crippen LogP contribution in [0.25, 0.3) is 0 Å². The molecule has 0 saturated heterocycles. The van der Waals surface area contributed by atoms with E-state index < -0.39 is 0 Å². The number of hydrogen-bond donors (Lipinski definition) is 1. The molecule has 86 valence electrons. The summed E-state index contributed by atoms with van der Waals surface area (Å²) in [5.74, 6) is 0.532. The fraction of sp³-hybridized carbons (Fsp3) is 0.500. The average Bonchev–Trinajstić information content (AvgIpc) is 2.20. The van der Waals surface area contributed by atoms with Gasteiger partial charge in [-0.2, -0.15) is 0 Å². The molecule has 1 unspecified atom stereocenters. The van der Waals surface area contributed by atoms with Gasteiger partial charge in [-0.15, -0.1) is 12.4 Å². The van der Waals surface area contributed by atoms with Crippen LogP contribution < -0.4 is 5.73 Å². The third kappa shape index (κ3) is 3.78. The third-order valence-corrected chi connectivity index (χ3v) is 3.69. The number of benzene rings is 1. The van der Waals surface area contributed by atoms with Gasteiger partial charge in [0.25, 0.3) is 0 Å². The second-order valence-corrected chi connectivity index (χ2v) is 4.77. The van der Waals surface area contributed by atoms with Gasteiger partial charge in [-0.05, 0) is 30.0 Å². The van der Waals surface area contributed by atoms with Gasteiger partial charge in [-0.25, -0.2) is 0 Å². The quantitative estimate of drug-likeness (QED) is 0.886. The van der Waals surface area contributed by atoms with E-state index in [-0.39, 0.29) is 18.4 Å². The molecular formula is C12H19BrClN. The minimum atomic E-state index is 0. The van der Waals surface area contributed by atoms with E-state index in [1.54, 1.807) is 0 Å². The lowest BCUT2D eigenvalue weighted by Gasteiger charge is -2.19. The van der Waals surface area contributed by atoms with E-state index in [9.17, 15) is 0 Å². The predicted octanol–water partition coefficient (Wildman–Crippen LogP) is 4.23. The molecule has 2 N–H and O–H groups in total. The van der Waals surface area contributed by atoms with Gasteiger partial charge in [0.15, 0.2) is 0 Å². The number of aryl methyl sites for hydroxylation is 1. The Morgan fingerprint density at radius 3 is 2.47 bits per heavy atom. The summed E-state index contributed by atoms with van der Waals surface area (Å²) in [6, 6.07) is 6.52. The maximum atomic E-state index is 6.15. The molecule has 0 aliphatic carbocycles. The molecule has 15 heavy (non-hydrogen) atoms. The van der Waals surface area contributed by atoms with Crippen molar-refractivity contribution in [2.45, 2.75) is 33.2 Å². The third-order valence-electron chi connectivity index (χ3n) is 2.84. The summed E-state index contributed by atoms with van der Waals surface area (Å²) in [4.78, 5) is 0. The molecule has 3 heteroatoms. The van der Waals surface area contributed by atoms with Crippen molar-refractivity contribution >= 4 is 28.3 Å². The zero-order chi connectivity index (χ0) is 10.7. The van der Waals surface area contributed by atoms with Gasteiger partial charge < -0.3 is 5.73 Å². The molecule has 0 saturated carbocycles. The van der Waals surface area contributed by atoms with E-state index in [2.05, 4.69) is 54.9 Å². The summed E-state index contributed by atoms with van der Waals surface area (Å²) < 4.78 is 1.15. The molecular weight excluding hydrogens is 273 g/mol. The largest absolute Gasteiger partial charge is 0.324 e. The zero-order valence-corrected chi connectivity index (χ0v) is 11.9. The molecule has 0 spiro atoms. The van der Waals surface area contributed by atoms with Crippen molar-refractivity contribution in [3.05, 3.63) is 33.8 Å². The van der Waals surface area contributed by atoms with Crippen LogP contribution in [0.15, 0.2) is 22.7 Å². The molecule has 0 aliphatic rings. The first-order chi connectivity index (χ1) is 6.56. The zero-order valence-electron chi connectivity index (χ0n) is 9.46. The van der Waals surface area contributed by atoms with Crippen molar-refractivity contribution in [2.24, 2.45) is 11.7 Å². The monoisotopic (exact) mass is 291 g/mol. The van der Waals surface area contributed by atoms with Crippen LogP contribution in [-0.2, 0) is 0 Å². The highest BCUT2D eigenvalue weighted by molar-refractivity contribution is 9.10. The topological polar surface area (TPSA) is 26.0 Å². The van der Waals surface area contributed by atoms with Gasteiger partial charge in [-0.3, -0.25) is 0 Å². The summed E-state index contributed by atoms with van der Waals surface area (Å²) in [6.45, 7) is 6.45. The van der Waals surface area contributed by atoms with Crippen LogP contribution in [-0.4, -0.2) is 0 Å². The van der Waals surface area contributed by atoms with Gasteiger partial charge in [0.1, 0.15) is 0 Å². The van der Waals surface area contributed by atoms with Crippen molar-refractivity contribution in [1.29, 1.82) is 0 Å². The first kappa shape index (κ1) is 14.9. The van der Waals surface area contributed by atoms with Crippen molar-refractivity contribution in [3.63, 3.8) is 0 Å². The molecule has 1 aromatic rings. The second-order valence-electron chi connectivity index (χ2n) is 3.92. The Morgan fingerprint density at radius 2 is 2.00 bits per heavy atom. The van der Waals surface area contributed by atoms with Gasteiger partial charge in [-0.1, -0.05) is 48.3 Å². The molecule has 0 bridgehead atoms. The highest BCUT2D eigenvalue weighted by Gasteiger charge is 2.13. The molecule has 1 rings (SSSR count). The van der Waals surface area contributed by atoms with Gasteiger partial charge in [0.05, 0.1) is 0 Å². The van der Waals surface area contributed by atoms with Crippen molar-refractivity contribution < 1.29 is 0 Å². The SMILES string of the molecule is CCC(C)[C@@H](N)c1ccc(C)c(Br)c1.Cl. The smallest absolute Gasteiger partial charge is 0.0321 e. The van der Waals surface area contributed by atoms with Crippen LogP contribution in [0.5, 0.6) is 0 Å². The summed E-state index contributed by atoms with van der Waals surface area (Å²) in [5, 5.41) is 0. The van der Waals surface area contributed by atoms with Crippen molar-refractivity contribution in [2.75, 3.05) is 0 Å². The van der Waals surface area contributed by atoms with E-state index in [0.717, 1.165) is 10.9 Å². The van der Waals surface area contributed by atoms with Crippen molar-refractivity contribution in [1.82, 2.24) is 0 Å². The first-order valence-electron chi connectivity index (χ1n) is 5.08. The summed E-state index contributed by atoms with van der Waals surface area (Å²) >= 11 is 3.53. The Kier molecular flexibility index (Phi) is 6.49. The maximum absolute atomic E-state index is 6.15. The minimum absolute atomic E-state index is 0. The number of nitrogens with two attached hydrogens (primary N) is 1. The van der Waals surface area contributed by atoms with E-state index in [1.807, 2.05) is 0 Å². The average molecular weight is 293 g/mol. The molecule has 0 aliphatic heterocycles. The lowest BCUT2D eigenvalue weighted by atomic mass is 9.93. The van der Waals surface area contributed by atoms with E-state index >= 15 is 0 Å². The summed E-state index contributed by atoms with van der Waals surface area (Å²) in [7, 11) is 0. The fourth-order valence-corrected chi connectivity index (χ4v) is 1.80. The van der Waals surface area contributed by atoms with Crippen LogP contribution in [0.3, 0.4) is 0 Å². The fourth-order valence-electron chi connectivity index (χ4n) is 1.40. The summed E-state index contributed by atoms with van der Waals surface area (Å²) in [6.07, 6.45) is 1.12. The van der Waals surface area contributed by atoms with Crippen LogP contribution in [0.1, 0.15) is 37.4 Å². The van der Waals surface area contributed by atoms with Crippen LogP contribution in [0.2, 0.25) is 0 Å². The van der Waals surface area contributed by atoms with Crippen molar-refractivity contribution in [3.8, 4) is 0 Å². The summed E-state index contributed by atoms with van der Waals surface area (Å²) in [5.41, 5.74) is 8.62. The molecule has 0 amide bonds. The number of rotatable bonds is 3. The highest BCUT2D eigenvalue weighted by Crippen LogP contribution is 2.25. The highest BCUT2D eigenvalue weighted by atomic mass is 79.9. The Balaban J connectivity index is 0.00000196. The Morgan fingerprint density at radius 1 is 1.40 bits per heavy atom. The minimum Gasteiger partial charge on any atom is -0.324 e. The number of halogens is 2. The predicted molar refractivity (Wildman–Crippen MR) is 72.5 cm³/mol. The first-order valence-corrected chi connectivity index (χ1v) is 5.87. The lowest BCUT2D eigenvalue weighted by molar-refractivity contribution is 0.456. The lowest BCUT2D eigenvalue weighted by Crippen LogP contribution is -2.18. The molecule has 2 atom stereocenters. The Hall–Kier alpha value is -0.0500. The molecule has 0 radical (unpaired) electrons. The van der Waals surface area contributed by atoms with Crippen LogP contribution in [0, 0.1) is 12.8 Å². The Bertz CT molecular complexity index is 314. The van der Waals surface area contributed by atoms with E-state index in [1.165, 1.54) is 11.1 Å². The molecule has 0 fully saturated rings. The normalized spacial score (nSPS) is 14.2. The molecule has 0 heterocycles. The standard InChI is InChI=1S/C12H18BrN.ClH/c1-4-8(2)12(14)10-6-5-9(3)11(13)7-10;/h5-8,12H,4,14H2,1-3H3;1H/t8?,12-;/m1./s1. The van der Waals surface area contributed by atoms with Crippen LogP contribution in [0.4, 0.5) is 0 Å². The molecule has 1 nitrogen and oxygen atoms in total. The molecule has 0 aromatic heterocycles. The van der Waals surface area contributed by atoms with E-state index in [4.69, 9.17) is 5.73 Å². The second kappa shape index (κ2) is 6.51. The molecule has 1 aromatic carbocycles. The van der Waals surface area contributed by atoms with Gasteiger partial charge >= 0.3 is 0 Å². The Labute approximate surface area is 107 Å². The van der Waals surface area contributed by atoms with Gasteiger partial charge in [0.2, 0.25) is 0 Å². The maximum Gasteiger partial charge on any atom is 0.0321 e. The van der Waals surface area contributed by atoms with E-state index in [0.29, 0.717) is 5.92 Å². The van der Waals surface area contributed by atoms with Crippen LogP contribution >= 0.6 is 28.3 Å². The number of hydrogen-bond acceptors (Lipinski definition) is 1.